The zero-order valence-electron chi connectivity index (χ0n) is 27.1. The number of phosphoric acid groups is 1. The molecule has 256 valence electrons. The smallest absolute Gasteiger partial charge is 0.462 e. The lowest BCUT2D eigenvalue weighted by Gasteiger charge is -2.19. The first-order valence-corrected chi connectivity index (χ1v) is 18.0. The summed E-state index contributed by atoms with van der Waals surface area (Å²) in [4.78, 5) is 34.5. The van der Waals surface area contributed by atoms with E-state index in [1.54, 1.807) is 14.2 Å². The second-order valence-electron chi connectivity index (χ2n) is 11.0. The van der Waals surface area contributed by atoms with E-state index >= 15 is 0 Å². The minimum Gasteiger partial charge on any atom is -0.462 e. The number of nitrogens with two attached hydrogens (primary N) is 1. The minimum atomic E-state index is -4.37. The van der Waals surface area contributed by atoms with Gasteiger partial charge in [-0.25, -0.2) is 4.57 Å². The number of carbonyl (C=O) groups is 2. The lowest BCUT2D eigenvalue weighted by molar-refractivity contribution is -0.161. The molecule has 43 heavy (non-hydrogen) atoms. The predicted octanol–water partition coefficient (Wildman–Crippen LogP) is 6.63. The third-order valence-electron chi connectivity index (χ3n) is 6.98. The molecule has 0 aromatic rings. The lowest BCUT2D eigenvalue weighted by atomic mass is 10.1. The van der Waals surface area contributed by atoms with E-state index in [1.807, 2.05) is 0 Å². The Labute approximate surface area is 260 Å². The molecule has 2 atom stereocenters. The monoisotopic (exact) mass is 639 g/mol. The summed E-state index contributed by atoms with van der Waals surface area (Å²) in [6, 6.07) is 0. The van der Waals surface area contributed by atoms with Crippen molar-refractivity contribution >= 4 is 19.8 Å². The number of hydrogen-bond acceptors (Lipinski definition) is 10. The molecule has 12 heteroatoms. The Kier molecular flexibility index (Phi) is 30.2. The van der Waals surface area contributed by atoms with Crippen molar-refractivity contribution in [1.29, 1.82) is 0 Å². The van der Waals surface area contributed by atoms with Gasteiger partial charge in [-0.1, -0.05) is 89.9 Å². The van der Waals surface area contributed by atoms with Crippen LogP contribution in [0.4, 0.5) is 0 Å². The lowest BCUT2D eigenvalue weighted by Crippen LogP contribution is -2.29. The Morgan fingerprint density at radius 1 is 0.605 bits per heavy atom. The summed E-state index contributed by atoms with van der Waals surface area (Å²) in [7, 11) is -0.911. The largest absolute Gasteiger partial charge is 0.472 e. The first-order valence-electron chi connectivity index (χ1n) is 16.5. The van der Waals surface area contributed by atoms with Gasteiger partial charge >= 0.3 is 19.8 Å². The summed E-state index contributed by atoms with van der Waals surface area (Å²) in [5.41, 5.74) is 5.31. The maximum atomic E-state index is 12.4. The first kappa shape index (κ1) is 41.9. The van der Waals surface area contributed by atoms with E-state index in [-0.39, 0.29) is 32.6 Å². The molecule has 1 unspecified atom stereocenters. The van der Waals surface area contributed by atoms with Crippen molar-refractivity contribution in [3.63, 3.8) is 0 Å². The van der Waals surface area contributed by atoms with Crippen LogP contribution in [0.5, 0.6) is 0 Å². The van der Waals surface area contributed by atoms with Gasteiger partial charge in [0, 0.05) is 46.8 Å². The molecule has 0 aromatic carbocycles. The molecule has 0 saturated heterocycles. The molecule has 0 aromatic heterocycles. The van der Waals surface area contributed by atoms with E-state index in [9.17, 15) is 19.0 Å². The van der Waals surface area contributed by atoms with E-state index in [2.05, 4.69) is 0 Å². The zero-order valence-corrected chi connectivity index (χ0v) is 28.0. The highest BCUT2D eigenvalue weighted by molar-refractivity contribution is 7.47. The second kappa shape index (κ2) is 30.9. The summed E-state index contributed by atoms with van der Waals surface area (Å²) in [6.45, 7) is 0.851. The molecule has 0 amide bonds. The highest BCUT2D eigenvalue weighted by atomic mass is 31.2. The molecule has 3 N–H and O–H groups in total. The predicted molar refractivity (Wildman–Crippen MR) is 168 cm³/mol. The molecule has 0 radical (unpaired) electrons. The molecule has 0 bridgehead atoms. The van der Waals surface area contributed by atoms with E-state index in [1.165, 1.54) is 51.4 Å². The SMILES string of the molecule is COCCCCCCCCCCCC(=O)OC[C@@H](COP(=O)(O)OCCN)OC(=O)CCCCCCCCCCCOC. The van der Waals surface area contributed by atoms with Crippen LogP contribution >= 0.6 is 7.82 Å². The van der Waals surface area contributed by atoms with Crippen molar-refractivity contribution in [2.24, 2.45) is 5.73 Å². The van der Waals surface area contributed by atoms with Crippen LogP contribution in [-0.4, -0.2) is 76.7 Å². The fourth-order valence-electron chi connectivity index (χ4n) is 4.51. The van der Waals surface area contributed by atoms with Crippen LogP contribution in [0.3, 0.4) is 0 Å². The van der Waals surface area contributed by atoms with Gasteiger partial charge in [0.15, 0.2) is 6.10 Å². The quantitative estimate of drug-likeness (QED) is 0.0452. The Morgan fingerprint density at radius 3 is 1.47 bits per heavy atom. The van der Waals surface area contributed by atoms with Gasteiger partial charge in [-0.15, -0.1) is 0 Å². The molecule has 0 fully saturated rings. The van der Waals surface area contributed by atoms with Crippen molar-refractivity contribution in [2.45, 2.75) is 135 Å². The average Bonchev–Trinajstić information content (AvgIpc) is 2.99. The van der Waals surface area contributed by atoms with Gasteiger partial charge in [-0.05, 0) is 25.7 Å². The third-order valence-corrected chi connectivity index (χ3v) is 7.97. The topological polar surface area (TPSA) is 153 Å². The number of phosphoric ester groups is 1. The van der Waals surface area contributed by atoms with Crippen molar-refractivity contribution in [3.8, 4) is 0 Å². The minimum absolute atomic E-state index is 0.0488. The number of esters is 2. The van der Waals surface area contributed by atoms with Crippen LogP contribution in [0.1, 0.15) is 128 Å². The van der Waals surface area contributed by atoms with Crippen molar-refractivity contribution < 1.29 is 47.0 Å². The standard InChI is InChI=1S/C31H62NO10P/c1-37-24-19-15-11-7-3-5-9-13-17-21-30(33)39-27-29(28-41-43(35,36)40-26-23-32)42-31(34)22-18-14-10-6-4-8-12-16-20-25-38-2/h29H,3-28,32H2,1-2H3,(H,35,36)/t29-/m0/s1. The van der Waals surface area contributed by atoms with Gasteiger partial charge < -0.3 is 29.6 Å². The number of methoxy groups -OCH3 is 2. The Morgan fingerprint density at radius 2 is 1.02 bits per heavy atom. The molecule has 0 aliphatic rings. The van der Waals surface area contributed by atoms with Crippen molar-refractivity contribution in [1.82, 2.24) is 0 Å². The van der Waals surface area contributed by atoms with E-state index in [4.69, 9.17) is 33.7 Å². The fraction of sp³-hybridized carbons (Fsp3) is 0.935. The molecule has 11 nitrogen and oxygen atoms in total. The summed E-state index contributed by atoms with van der Waals surface area (Å²) < 4.78 is 42.6. The maximum absolute atomic E-state index is 12.4. The zero-order chi connectivity index (χ0) is 31.9. The number of hydrogen-bond donors (Lipinski definition) is 2. The summed E-state index contributed by atoms with van der Waals surface area (Å²) in [5, 5.41) is 0. The molecule has 0 spiro atoms. The molecule has 0 heterocycles. The van der Waals surface area contributed by atoms with Gasteiger partial charge in [0.1, 0.15) is 6.61 Å². The molecule has 0 rings (SSSR count). The van der Waals surface area contributed by atoms with Gasteiger partial charge in [0.2, 0.25) is 0 Å². The molecule has 0 aliphatic carbocycles. The first-order chi connectivity index (χ1) is 20.8. The molecule has 0 saturated carbocycles. The highest BCUT2D eigenvalue weighted by Gasteiger charge is 2.25. The van der Waals surface area contributed by atoms with Gasteiger partial charge in [-0.3, -0.25) is 18.6 Å². The number of unbranched alkanes of at least 4 members (excludes halogenated alkanes) is 16. The Bertz CT molecular complexity index is 697. The molecular weight excluding hydrogens is 577 g/mol. The average molecular weight is 640 g/mol. The highest BCUT2D eigenvalue weighted by Crippen LogP contribution is 2.43. The van der Waals surface area contributed by atoms with E-state index < -0.39 is 32.5 Å². The Hall–Kier alpha value is -1.07. The van der Waals surface area contributed by atoms with Crippen LogP contribution in [0.25, 0.3) is 0 Å². The van der Waals surface area contributed by atoms with Crippen LogP contribution in [0.2, 0.25) is 0 Å². The molecule has 0 aliphatic heterocycles. The number of carbonyl (C=O) groups excluding carboxylic acids is 2. The van der Waals surface area contributed by atoms with Gasteiger partial charge in [0.25, 0.3) is 0 Å². The van der Waals surface area contributed by atoms with Crippen LogP contribution in [0.15, 0.2) is 0 Å². The van der Waals surface area contributed by atoms with E-state index in [0.29, 0.717) is 6.42 Å². The number of rotatable bonds is 33. The fourth-order valence-corrected chi connectivity index (χ4v) is 5.27. The van der Waals surface area contributed by atoms with Crippen molar-refractivity contribution in [3.05, 3.63) is 0 Å². The summed E-state index contributed by atoms with van der Waals surface area (Å²) >= 11 is 0. The summed E-state index contributed by atoms with van der Waals surface area (Å²) in [6.07, 6.45) is 19.0. The third kappa shape index (κ3) is 30.7. The van der Waals surface area contributed by atoms with E-state index in [0.717, 1.165) is 71.0 Å². The van der Waals surface area contributed by atoms with Crippen LogP contribution < -0.4 is 5.73 Å². The summed E-state index contributed by atoms with van der Waals surface area (Å²) in [5.74, 6) is -0.860. The molecular formula is C31H62NO10P. The normalized spacial score (nSPS) is 13.5. The van der Waals surface area contributed by atoms with Gasteiger partial charge in [0.05, 0.1) is 13.2 Å². The number of ether oxygens (including phenoxy) is 4. The Balaban J connectivity index is 4.25. The van der Waals surface area contributed by atoms with Crippen LogP contribution in [-0.2, 0) is 42.1 Å². The van der Waals surface area contributed by atoms with Gasteiger partial charge in [-0.2, -0.15) is 0 Å². The van der Waals surface area contributed by atoms with Crippen molar-refractivity contribution in [2.75, 3.05) is 53.8 Å². The maximum Gasteiger partial charge on any atom is 0.472 e. The second-order valence-corrected chi connectivity index (χ2v) is 12.5. The van der Waals surface area contributed by atoms with Crippen LogP contribution in [0, 0.1) is 0 Å².